The lowest BCUT2D eigenvalue weighted by Gasteiger charge is -2.35. The predicted molar refractivity (Wildman–Crippen MR) is 131 cm³/mol. The molecular formula is C25H25N7O4. The summed E-state index contributed by atoms with van der Waals surface area (Å²) in [5, 5.41) is 8.66. The molecule has 0 unspecified atom stereocenters. The van der Waals surface area contributed by atoms with Gasteiger partial charge in [0.05, 0.1) is 17.9 Å². The van der Waals surface area contributed by atoms with Gasteiger partial charge in [-0.1, -0.05) is 17.3 Å². The number of anilines is 1. The van der Waals surface area contributed by atoms with E-state index in [1.165, 1.54) is 13.3 Å². The summed E-state index contributed by atoms with van der Waals surface area (Å²) in [6.07, 6.45) is 1.50. The van der Waals surface area contributed by atoms with Crippen molar-refractivity contribution in [2.24, 2.45) is 0 Å². The number of ether oxygens (including phenoxy) is 2. The van der Waals surface area contributed by atoms with E-state index in [4.69, 9.17) is 9.47 Å². The standard InChI is InChI=1S/C25H25N7O4/c1-3-35-19-10-8-18(9-11-19)32-24-22(28-29-32)23(26-16-27-24)30-12-14-31(15-13-30)25(34)20-6-4-5-7-21(20)36-17(2)33/h4-11,16H,3,12-15H2,1-2H3. The molecule has 0 saturated carbocycles. The molecule has 0 N–H and O–H groups in total. The topological polar surface area (TPSA) is 116 Å². The Morgan fingerprint density at radius 1 is 0.972 bits per heavy atom. The van der Waals surface area contributed by atoms with E-state index >= 15 is 0 Å². The number of amides is 1. The van der Waals surface area contributed by atoms with Gasteiger partial charge in [0.25, 0.3) is 5.91 Å². The van der Waals surface area contributed by atoms with Crippen molar-refractivity contribution >= 4 is 28.9 Å². The average molecular weight is 488 g/mol. The zero-order valence-corrected chi connectivity index (χ0v) is 20.0. The van der Waals surface area contributed by atoms with E-state index in [0.717, 1.165) is 11.4 Å². The Balaban J connectivity index is 1.33. The number of benzene rings is 2. The number of hydrogen-bond acceptors (Lipinski definition) is 9. The first-order chi connectivity index (χ1) is 17.5. The summed E-state index contributed by atoms with van der Waals surface area (Å²) in [5.41, 5.74) is 2.36. The van der Waals surface area contributed by atoms with Crippen LogP contribution in [0.25, 0.3) is 16.9 Å². The lowest BCUT2D eigenvalue weighted by atomic mass is 10.1. The molecule has 184 valence electrons. The SMILES string of the molecule is CCOc1ccc(-n2nnc3c(N4CCN(C(=O)c5ccccc5OC(C)=O)CC4)ncnc32)cc1. The Labute approximate surface area is 207 Å². The van der Waals surface area contributed by atoms with E-state index in [-0.39, 0.29) is 11.7 Å². The number of nitrogens with zero attached hydrogens (tertiary/aromatic N) is 7. The average Bonchev–Trinajstić information content (AvgIpc) is 3.33. The van der Waals surface area contributed by atoms with Crippen molar-refractivity contribution in [2.75, 3.05) is 37.7 Å². The van der Waals surface area contributed by atoms with E-state index in [2.05, 4.69) is 25.2 Å². The molecule has 0 spiro atoms. The molecule has 0 atom stereocenters. The highest BCUT2D eigenvalue weighted by atomic mass is 16.5. The van der Waals surface area contributed by atoms with Crippen LogP contribution in [0.15, 0.2) is 54.9 Å². The first-order valence-electron chi connectivity index (χ1n) is 11.7. The molecule has 1 fully saturated rings. The van der Waals surface area contributed by atoms with Gasteiger partial charge in [-0.15, -0.1) is 5.10 Å². The van der Waals surface area contributed by atoms with Gasteiger partial charge in [0.2, 0.25) is 0 Å². The van der Waals surface area contributed by atoms with Crippen molar-refractivity contribution in [2.45, 2.75) is 13.8 Å². The van der Waals surface area contributed by atoms with Crippen LogP contribution in [0.3, 0.4) is 0 Å². The molecule has 11 heteroatoms. The van der Waals surface area contributed by atoms with Crippen LogP contribution < -0.4 is 14.4 Å². The molecule has 0 radical (unpaired) electrons. The molecule has 2 aromatic heterocycles. The van der Waals surface area contributed by atoms with Crippen LogP contribution in [0.4, 0.5) is 5.82 Å². The van der Waals surface area contributed by atoms with Crippen LogP contribution in [-0.4, -0.2) is 74.5 Å². The lowest BCUT2D eigenvalue weighted by Crippen LogP contribution is -2.49. The van der Waals surface area contributed by atoms with Crippen LogP contribution in [0.1, 0.15) is 24.2 Å². The normalized spacial score (nSPS) is 13.6. The van der Waals surface area contributed by atoms with Gasteiger partial charge in [-0.05, 0) is 43.3 Å². The Bertz CT molecular complexity index is 1400. The molecule has 1 aliphatic rings. The molecule has 11 nitrogen and oxygen atoms in total. The molecule has 3 heterocycles. The van der Waals surface area contributed by atoms with Crippen LogP contribution in [0.2, 0.25) is 0 Å². The maximum atomic E-state index is 13.1. The zero-order valence-electron chi connectivity index (χ0n) is 20.0. The molecule has 5 rings (SSSR count). The van der Waals surface area contributed by atoms with E-state index in [1.54, 1.807) is 33.8 Å². The maximum Gasteiger partial charge on any atom is 0.308 e. The van der Waals surface area contributed by atoms with E-state index in [0.29, 0.717) is 55.3 Å². The number of esters is 1. The number of hydrogen-bond donors (Lipinski definition) is 0. The van der Waals surface area contributed by atoms with Crippen molar-refractivity contribution < 1.29 is 19.1 Å². The van der Waals surface area contributed by atoms with Crippen molar-refractivity contribution in [3.05, 3.63) is 60.4 Å². The summed E-state index contributed by atoms with van der Waals surface area (Å²) in [7, 11) is 0. The number of aromatic nitrogens is 5. The molecule has 1 amide bonds. The summed E-state index contributed by atoms with van der Waals surface area (Å²) in [6, 6.07) is 14.3. The van der Waals surface area contributed by atoms with Crippen LogP contribution in [-0.2, 0) is 4.79 Å². The quantitative estimate of drug-likeness (QED) is 0.299. The Morgan fingerprint density at radius 2 is 1.72 bits per heavy atom. The third-order valence-corrected chi connectivity index (χ3v) is 5.85. The number of fused-ring (bicyclic) bond motifs is 1. The number of carbonyl (C=O) groups excluding carboxylic acids is 2. The maximum absolute atomic E-state index is 13.1. The van der Waals surface area contributed by atoms with E-state index in [1.807, 2.05) is 31.2 Å². The zero-order chi connectivity index (χ0) is 25.1. The van der Waals surface area contributed by atoms with Gasteiger partial charge in [-0.2, -0.15) is 4.68 Å². The summed E-state index contributed by atoms with van der Waals surface area (Å²) < 4.78 is 12.4. The molecule has 4 aromatic rings. The first kappa shape index (κ1) is 23.2. The fourth-order valence-corrected chi connectivity index (χ4v) is 4.17. The molecular weight excluding hydrogens is 462 g/mol. The largest absolute Gasteiger partial charge is 0.494 e. The second kappa shape index (κ2) is 9.98. The highest BCUT2D eigenvalue weighted by Crippen LogP contribution is 2.26. The fourth-order valence-electron chi connectivity index (χ4n) is 4.17. The van der Waals surface area contributed by atoms with Crippen LogP contribution in [0, 0.1) is 0 Å². The van der Waals surface area contributed by atoms with E-state index in [9.17, 15) is 9.59 Å². The van der Waals surface area contributed by atoms with Crippen molar-refractivity contribution in [3.63, 3.8) is 0 Å². The second-order valence-electron chi connectivity index (χ2n) is 8.17. The molecule has 0 bridgehead atoms. The lowest BCUT2D eigenvalue weighted by molar-refractivity contribution is -0.131. The van der Waals surface area contributed by atoms with Crippen LogP contribution in [0.5, 0.6) is 11.5 Å². The Hall–Kier alpha value is -4.54. The van der Waals surface area contributed by atoms with Gasteiger partial charge < -0.3 is 19.3 Å². The van der Waals surface area contributed by atoms with Gasteiger partial charge in [-0.25, -0.2) is 9.97 Å². The molecule has 36 heavy (non-hydrogen) atoms. The van der Waals surface area contributed by atoms with Crippen molar-refractivity contribution in [1.82, 2.24) is 29.9 Å². The third kappa shape index (κ3) is 4.54. The number of piperazine rings is 1. The molecule has 1 aliphatic heterocycles. The minimum atomic E-state index is -0.467. The fraction of sp³-hybridized carbons (Fsp3) is 0.280. The first-order valence-corrected chi connectivity index (χ1v) is 11.7. The Kier molecular flexibility index (Phi) is 6.44. The molecule has 1 saturated heterocycles. The number of rotatable bonds is 6. The monoisotopic (exact) mass is 487 g/mol. The second-order valence-corrected chi connectivity index (χ2v) is 8.17. The Morgan fingerprint density at radius 3 is 2.44 bits per heavy atom. The molecule has 0 aliphatic carbocycles. The van der Waals surface area contributed by atoms with Gasteiger partial charge in [0, 0.05) is 33.1 Å². The summed E-state index contributed by atoms with van der Waals surface area (Å²) in [5.74, 6) is 1.07. The third-order valence-electron chi connectivity index (χ3n) is 5.85. The smallest absolute Gasteiger partial charge is 0.308 e. The van der Waals surface area contributed by atoms with Gasteiger partial charge in [0.15, 0.2) is 17.0 Å². The highest BCUT2D eigenvalue weighted by molar-refractivity contribution is 5.97. The highest BCUT2D eigenvalue weighted by Gasteiger charge is 2.27. The number of para-hydroxylation sites is 1. The van der Waals surface area contributed by atoms with E-state index < -0.39 is 5.97 Å². The van der Waals surface area contributed by atoms with Gasteiger partial charge >= 0.3 is 5.97 Å². The van der Waals surface area contributed by atoms with Gasteiger partial charge in [0.1, 0.15) is 17.8 Å². The van der Waals surface area contributed by atoms with Crippen LogP contribution >= 0.6 is 0 Å². The van der Waals surface area contributed by atoms with Crippen molar-refractivity contribution in [1.29, 1.82) is 0 Å². The molecule has 2 aromatic carbocycles. The minimum Gasteiger partial charge on any atom is -0.494 e. The van der Waals surface area contributed by atoms with Crippen molar-refractivity contribution in [3.8, 4) is 17.2 Å². The predicted octanol–water partition coefficient (Wildman–Crippen LogP) is 2.50. The summed E-state index contributed by atoms with van der Waals surface area (Å²) >= 11 is 0. The summed E-state index contributed by atoms with van der Waals surface area (Å²) in [6.45, 7) is 5.92. The number of carbonyl (C=O) groups is 2. The minimum absolute atomic E-state index is 0.180. The van der Waals surface area contributed by atoms with Gasteiger partial charge in [-0.3, -0.25) is 9.59 Å². The summed E-state index contributed by atoms with van der Waals surface area (Å²) in [4.78, 5) is 37.3.